The van der Waals surface area contributed by atoms with E-state index in [2.05, 4.69) is 38.0 Å². The molecule has 0 spiro atoms. The van der Waals surface area contributed by atoms with Crippen molar-refractivity contribution >= 4 is 17.4 Å². The molecule has 1 atom stereocenters. The van der Waals surface area contributed by atoms with Gasteiger partial charge in [-0.15, -0.1) is 11.3 Å². The molecule has 3 rings (SSSR count). The molecule has 24 heavy (non-hydrogen) atoms. The Hall–Kier alpha value is -1.96. The maximum absolute atomic E-state index is 12.1. The molecule has 0 saturated carbocycles. The van der Waals surface area contributed by atoms with E-state index >= 15 is 0 Å². The molecule has 1 saturated heterocycles. The second kappa shape index (κ2) is 8.77. The third-order valence-corrected chi connectivity index (χ3v) is 4.96. The number of hydrogen-bond donors (Lipinski definition) is 2. The molecule has 3 heterocycles. The van der Waals surface area contributed by atoms with Crippen LogP contribution in [0.3, 0.4) is 0 Å². The first-order valence-electron chi connectivity index (χ1n) is 8.09. The summed E-state index contributed by atoms with van der Waals surface area (Å²) in [5, 5.41) is 7.94. The summed E-state index contributed by atoms with van der Waals surface area (Å²) in [4.78, 5) is 19.8. The molecule has 0 bridgehead atoms. The zero-order valence-electron chi connectivity index (χ0n) is 13.5. The van der Waals surface area contributed by atoms with Gasteiger partial charge in [-0.05, 0) is 23.1 Å². The Morgan fingerprint density at radius 1 is 1.29 bits per heavy atom. The zero-order valence-corrected chi connectivity index (χ0v) is 14.3. The average molecular weight is 346 g/mol. The molecule has 0 aliphatic carbocycles. The van der Waals surface area contributed by atoms with Crippen LogP contribution in [0.4, 0.5) is 4.79 Å². The highest BCUT2D eigenvalue weighted by Crippen LogP contribution is 2.25. The minimum absolute atomic E-state index is 0.159. The van der Waals surface area contributed by atoms with Crippen LogP contribution in [0, 0.1) is 0 Å². The lowest BCUT2D eigenvalue weighted by atomic mass is 10.2. The molecule has 2 N–H and O–H groups in total. The van der Waals surface area contributed by atoms with E-state index in [9.17, 15) is 4.79 Å². The Labute approximate surface area is 145 Å². The Morgan fingerprint density at radius 3 is 2.88 bits per heavy atom. The lowest BCUT2D eigenvalue weighted by Gasteiger charge is -2.34. The van der Waals surface area contributed by atoms with E-state index in [1.165, 1.54) is 4.88 Å². The van der Waals surface area contributed by atoms with Gasteiger partial charge in [-0.2, -0.15) is 0 Å². The lowest BCUT2D eigenvalue weighted by molar-refractivity contribution is 0.0174. The third-order valence-electron chi connectivity index (χ3n) is 3.99. The quantitative estimate of drug-likeness (QED) is 0.840. The van der Waals surface area contributed by atoms with Crippen LogP contribution in [0.5, 0.6) is 0 Å². The number of amides is 2. The molecule has 128 valence electrons. The van der Waals surface area contributed by atoms with Gasteiger partial charge in [-0.25, -0.2) is 4.79 Å². The highest BCUT2D eigenvalue weighted by Gasteiger charge is 2.23. The predicted octanol–water partition coefficient (Wildman–Crippen LogP) is 2.02. The molecule has 1 fully saturated rings. The van der Waals surface area contributed by atoms with Crippen LogP contribution < -0.4 is 10.6 Å². The summed E-state index contributed by atoms with van der Waals surface area (Å²) in [6, 6.07) is 8.01. The van der Waals surface area contributed by atoms with Crippen LogP contribution in [0.15, 0.2) is 42.0 Å². The molecule has 1 unspecified atom stereocenters. The number of hydrogen-bond acceptors (Lipinski definition) is 5. The molecule has 1 aliphatic heterocycles. The molecule has 0 aromatic carbocycles. The maximum Gasteiger partial charge on any atom is 0.315 e. The summed E-state index contributed by atoms with van der Waals surface area (Å²) in [7, 11) is 0. The van der Waals surface area contributed by atoms with E-state index in [-0.39, 0.29) is 12.1 Å². The highest BCUT2D eigenvalue weighted by molar-refractivity contribution is 7.10. The lowest BCUT2D eigenvalue weighted by Crippen LogP contribution is -2.45. The van der Waals surface area contributed by atoms with Crippen molar-refractivity contribution in [1.29, 1.82) is 0 Å². The Morgan fingerprint density at radius 2 is 2.17 bits per heavy atom. The number of nitrogens with zero attached hydrogens (tertiary/aromatic N) is 2. The highest BCUT2D eigenvalue weighted by atomic mass is 32.1. The van der Waals surface area contributed by atoms with Gasteiger partial charge in [-0.1, -0.05) is 12.1 Å². The monoisotopic (exact) mass is 346 g/mol. The second-order valence-electron chi connectivity index (χ2n) is 5.60. The van der Waals surface area contributed by atoms with E-state index in [1.807, 2.05) is 12.1 Å². The molecule has 0 radical (unpaired) electrons. The van der Waals surface area contributed by atoms with Gasteiger partial charge in [0.15, 0.2) is 0 Å². The van der Waals surface area contributed by atoms with E-state index in [4.69, 9.17) is 4.74 Å². The predicted molar refractivity (Wildman–Crippen MR) is 93.9 cm³/mol. The number of rotatable bonds is 6. The largest absolute Gasteiger partial charge is 0.379 e. The summed E-state index contributed by atoms with van der Waals surface area (Å²) in [6.07, 6.45) is 3.47. The van der Waals surface area contributed by atoms with Gasteiger partial charge in [0.1, 0.15) is 0 Å². The number of carbonyl (C=O) groups excluding carboxylic acids is 1. The summed E-state index contributed by atoms with van der Waals surface area (Å²) in [5.41, 5.74) is 0.982. The van der Waals surface area contributed by atoms with Crippen molar-refractivity contribution < 1.29 is 9.53 Å². The number of pyridine rings is 1. The standard InChI is InChI=1S/C17H22N4O2S/c22-17(19-12-14-3-1-5-18-11-14)20-13-15(16-4-2-10-24-16)21-6-8-23-9-7-21/h1-5,10-11,15H,6-9,12-13H2,(H2,19,20,22). The first-order chi connectivity index (χ1) is 11.8. The minimum Gasteiger partial charge on any atom is -0.379 e. The van der Waals surface area contributed by atoms with E-state index in [0.717, 1.165) is 31.9 Å². The van der Waals surface area contributed by atoms with Gasteiger partial charge in [0.25, 0.3) is 0 Å². The SMILES string of the molecule is O=C(NCc1cccnc1)NCC(c1cccs1)N1CCOCC1. The van der Waals surface area contributed by atoms with Gasteiger partial charge >= 0.3 is 6.03 Å². The molecule has 1 aliphatic rings. The number of thiophene rings is 1. The first kappa shape index (κ1) is 16.9. The van der Waals surface area contributed by atoms with Crippen LogP contribution in [-0.2, 0) is 11.3 Å². The minimum atomic E-state index is -0.159. The summed E-state index contributed by atoms with van der Waals surface area (Å²) in [5.74, 6) is 0. The van der Waals surface area contributed by atoms with Crippen molar-refractivity contribution in [1.82, 2.24) is 20.5 Å². The van der Waals surface area contributed by atoms with Gasteiger partial charge < -0.3 is 15.4 Å². The van der Waals surface area contributed by atoms with Crippen LogP contribution in [0.25, 0.3) is 0 Å². The molecular formula is C17H22N4O2S. The van der Waals surface area contributed by atoms with E-state index in [1.54, 1.807) is 23.7 Å². The molecule has 6 nitrogen and oxygen atoms in total. The van der Waals surface area contributed by atoms with Crippen molar-refractivity contribution in [3.63, 3.8) is 0 Å². The fourth-order valence-electron chi connectivity index (χ4n) is 2.72. The van der Waals surface area contributed by atoms with Crippen molar-refractivity contribution in [2.45, 2.75) is 12.6 Å². The van der Waals surface area contributed by atoms with Crippen LogP contribution in [0.2, 0.25) is 0 Å². The van der Waals surface area contributed by atoms with Gasteiger partial charge in [0, 0.05) is 43.4 Å². The Kier molecular flexibility index (Phi) is 6.17. The number of urea groups is 1. The number of nitrogens with one attached hydrogen (secondary N) is 2. The smallest absolute Gasteiger partial charge is 0.315 e. The number of morpholine rings is 1. The van der Waals surface area contributed by atoms with Crippen LogP contribution in [-0.4, -0.2) is 48.8 Å². The van der Waals surface area contributed by atoms with Gasteiger partial charge in [0.05, 0.1) is 19.3 Å². The topological polar surface area (TPSA) is 66.5 Å². The van der Waals surface area contributed by atoms with Crippen LogP contribution >= 0.6 is 11.3 Å². The Bertz CT molecular complexity index is 615. The number of aromatic nitrogens is 1. The van der Waals surface area contributed by atoms with Crippen molar-refractivity contribution in [2.24, 2.45) is 0 Å². The molecule has 2 aromatic heterocycles. The normalized spacial score (nSPS) is 16.5. The van der Waals surface area contributed by atoms with Crippen LogP contribution in [0.1, 0.15) is 16.5 Å². The number of carbonyl (C=O) groups is 1. The maximum atomic E-state index is 12.1. The first-order valence-corrected chi connectivity index (χ1v) is 8.96. The summed E-state index contributed by atoms with van der Waals surface area (Å²) >= 11 is 1.72. The summed E-state index contributed by atoms with van der Waals surface area (Å²) in [6.45, 7) is 4.33. The van der Waals surface area contributed by atoms with E-state index < -0.39 is 0 Å². The van der Waals surface area contributed by atoms with E-state index in [0.29, 0.717) is 13.1 Å². The number of ether oxygens (including phenoxy) is 1. The van der Waals surface area contributed by atoms with Gasteiger partial charge in [0.2, 0.25) is 0 Å². The van der Waals surface area contributed by atoms with Crippen molar-refractivity contribution in [3.8, 4) is 0 Å². The molecule has 7 heteroatoms. The molecule has 2 aromatic rings. The fraction of sp³-hybridized carbons (Fsp3) is 0.412. The molecule has 2 amide bonds. The Balaban J connectivity index is 1.52. The molecular weight excluding hydrogens is 324 g/mol. The van der Waals surface area contributed by atoms with Crippen molar-refractivity contribution in [2.75, 3.05) is 32.8 Å². The average Bonchev–Trinajstić information content (AvgIpc) is 3.16. The third kappa shape index (κ3) is 4.77. The van der Waals surface area contributed by atoms with Crippen molar-refractivity contribution in [3.05, 3.63) is 52.5 Å². The fourth-order valence-corrected chi connectivity index (χ4v) is 3.58. The van der Waals surface area contributed by atoms with Gasteiger partial charge in [-0.3, -0.25) is 9.88 Å². The summed E-state index contributed by atoms with van der Waals surface area (Å²) < 4.78 is 5.44. The second-order valence-corrected chi connectivity index (χ2v) is 6.58. The zero-order chi connectivity index (χ0) is 16.6.